The molecule has 4 aromatic rings. The Balaban J connectivity index is 1.26. The second kappa shape index (κ2) is 8.33. The van der Waals surface area contributed by atoms with Gasteiger partial charge in [0.05, 0.1) is 21.8 Å². The number of aryl methyl sites for hydroxylation is 1. The van der Waals surface area contributed by atoms with E-state index in [2.05, 4.69) is 16.0 Å². The molecule has 0 saturated carbocycles. The van der Waals surface area contributed by atoms with Crippen LogP contribution < -0.4 is 4.90 Å². The molecule has 1 amide bonds. The number of thiazole rings is 1. The van der Waals surface area contributed by atoms with Gasteiger partial charge in [0.1, 0.15) is 5.15 Å². The van der Waals surface area contributed by atoms with Gasteiger partial charge in [-0.3, -0.25) is 4.79 Å². The van der Waals surface area contributed by atoms with E-state index in [4.69, 9.17) is 16.3 Å². The molecule has 160 valence electrons. The maximum atomic E-state index is 12.8. The minimum atomic E-state index is -0.552. The first kappa shape index (κ1) is 20.6. The van der Waals surface area contributed by atoms with E-state index >= 15 is 0 Å². The van der Waals surface area contributed by atoms with Crippen LogP contribution in [0.5, 0.6) is 0 Å². The van der Waals surface area contributed by atoms with Crippen LogP contribution in [0.3, 0.4) is 0 Å². The average Bonchev–Trinajstić information content (AvgIpc) is 3.42. The summed E-state index contributed by atoms with van der Waals surface area (Å²) in [6.07, 6.45) is 0.756. The van der Waals surface area contributed by atoms with Crippen LogP contribution in [-0.2, 0) is 16.0 Å². The Hall–Kier alpha value is -3.29. The second-order valence-corrected chi connectivity index (χ2v) is 8.96. The van der Waals surface area contributed by atoms with Gasteiger partial charge in [-0.1, -0.05) is 17.7 Å². The molecule has 32 heavy (non-hydrogen) atoms. The van der Waals surface area contributed by atoms with Gasteiger partial charge < -0.3 is 9.64 Å². The predicted octanol–water partition coefficient (Wildman–Crippen LogP) is 5.07. The van der Waals surface area contributed by atoms with Gasteiger partial charge in [0.25, 0.3) is 5.91 Å². The number of carbonyl (C=O) groups is 2. The second-order valence-electron chi connectivity index (χ2n) is 7.51. The number of nitrogens with zero attached hydrogens (tertiary/aromatic N) is 3. The number of pyridine rings is 1. The number of fused-ring (bicyclic) bond motifs is 2. The Morgan fingerprint density at radius 2 is 2.00 bits per heavy atom. The summed E-state index contributed by atoms with van der Waals surface area (Å²) in [6, 6.07) is 14.4. The number of ether oxygens (including phenoxy) is 1. The first-order valence-electron chi connectivity index (χ1n) is 10.1. The van der Waals surface area contributed by atoms with Gasteiger partial charge in [-0.2, -0.15) is 0 Å². The zero-order valence-corrected chi connectivity index (χ0v) is 18.7. The fourth-order valence-corrected chi connectivity index (χ4v) is 4.61. The molecule has 8 heteroatoms. The highest BCUT2D eigenvalue weighted by molar-refractivity contribution is 7.09. The summed E-state index contributed by atoms with van der Waals surface area (Å²) in [7, 11) is 0. The van der Waals surface area contributed by atoms with Gasteiger partial charge in [0, 0.05) is 28.6 Å². The van der Waals surface area contributed by atoms with Crippen molar-refractivity contribution in [2.75, 3.05) is 18.1 Å². The van der Waals surface area contributed by atoms with Crippen molar-refractivity contribution in [2.45, 2.75) is 13.3 Å². The van der Waals surface area contributed by atoms with Crippen LogP contribution in [0.4, 0.5) is 5.69 Å². The quantitative estimate of drug-likeness (QED) is 0.312. The molecule has 6 nitrogen and oxygen atoms in total. The third-order valence-electron chi connectivity index (χ3n) is 5.41. The summed E-state index contributed by atoms with van der Waals surface area (Å²) >= 11 is 7.51. The van der Waals surface area contributed by atoms with Crippen molar-refractivity contribution in [3.63, 3.8) is 0 Å². The molecule has 0 radical (unpaired) electrons. The summed E-state index contributed by atoms with van der Waals surface area (Å²) in [6.45, 7) is 2.23. The highest BCUT2D eigenvalue weighted by Crippen LogP contribution is 2.32. The van der Waals surface area contributed by atoms with E-state index < -0.39 is 5.97 Å². The summed E-state index contributed by atoms with van der Waals surface area (Å²) in [5.41, 5.74) is 4.98. The van der Waals surface area contributed by atoms with E-state index in [1.807, 2.05) is 24.4 Å². The number of hydrogen-bond acceptors (Lipinski definition) is 6. The molecular formula is C24H18ClN3O3S. The molecule has 0 saturated heterocycles. The Bertz CT molecular complexity index is 1370. The highest BCUT2D eigenvalue weighted by atomic mass is 35.5. The van der Waals surface area contributed by atoms with Gasteiger partial charge in [-0.25, -0.2) is 14.8 Å². The normalized spacial score (nSPS) is 12.8. The lowest BCUT2D eigenvalue weighted by molar-refractivity contribution is -0.121. The number of amides is 1. The van der Waals surface area contributed by atoms with Crippen LogP contribution in [0.2, 0.25) is 5.15 Å². The summed E-state index contributed by atoms with van der Waals surface area (Å²) in [4.78, 5) is 35.6. The first-order chi connectivity index (χ1) is 15.5. The number of benzene rings is 2. The van der Waals surface area contributed by atoms with Crippen LogP contribution in [0, 0.1) is 6.92 Å². The van der Waals surface area contributed by atoms with Gasteiger partial charge in [0.15, 0.2) is 6.61 Å². The Morgan fingerprint density at radius 3 is 2.81 bits per heavy atom. The number of anilines is 1. The molecule has 0 unspecified atom stereocenters. The third kappa shape index (κ3) is 3.97. The summed E-state index contributed by atoms with van der Waals surface area (Å²) < 4.78 is 5.30. The van der Waals surface area contributed by atoms with Crippen LogP contribution in [0.1, 0.15) is 20.9 Å². The largest absolute Gasteiger partial charge is 0.452 e. The minimum absolute atomic E-state index is 0.247. The minimum Gasteiger partial charge on any atom is -0.452 e. The molecular weight excluding hydrogens is 446 g/mol. The van der Waals surface area contributed by atoms with Crippen molar-refractivity contribution in [2.24, 2.45) is 0 Å². The van der Waals surface area contributed by atoms with E-state index in [1.54, 1.807) is 46.6 Å². The molecule has 2 aromatic carbocycles. The van der Waals surface area contributed by atoms with Crippen LogP contribution in [0.15, 0.2) is 53.9 Å². The van der Waals surface area contributed by atoms with Crippen molar-refractivity contribution in [3.05, 3.63) is 75.2 Å². The van der Waals surface area contributed by atoms with E-state index in [1.165, 1.54) is 0 Å². The smallest absolute Gasteiger partial charge is 0.338 e. The van der Waals surface area contributed by atoms with Gasteiger partial charge in [-0.05, 0) is 61.4 Å². The maximum Gasteiger partial charge on any atom is 0.338 e. The standard InChI is InChI=1S/C24H18ClN3O3S/c1-14-26-20(13-32-14)16-3-6-21-17(10-16)8-9-28(21)23(29)12-31-24(30)18-2-5-19-15(11-18)4-7-22(25)27-19/h2-7,10-11,13H,8-9,12H2,1H3. The molecule has 0 atom stereocenters. The molecule has 0 fully saturated rings. The summed E-state index contributed by atoms with van der Waals surface area (Å²) in [5.74, 6) is -0.799. The summed E-state index contributed by atoms with van der Waals surface area (Å²) in [5, 5.41) is 4.21. The molecule has 1 aliphatic rings. The SMILES string of the molecule is Cc1nc(-c2ccc3c(c2)CCN3C(=O)COC(=O)c2ccc3nc(Cl)ccc3c2)cs1. The Morgan fingerprint density at radius 1 is 1.12 bits per heavy atom. The van der Waals surface area contributed by atoms with Crippen molar-refractivity contribution in [3.8, 4) is 11.3 Å². The molecule has 0 aliphatic carbocycles. The number of halogens is 1. The number of carbonyl (C=O) groups excluding carboxylic acids is 2. The van der Waals surface area contributed by atoms with Crippen molar-refractivity contribution in [1.29, 1.82) is 0 Å². The predicted molar refractivity (Wildman–Crippen MR) is 125 cm³/mol. The lowest BCUT2D eigenvalue weighted by atomic mass is 10.1. The van der Waals surface area contributed by atoms with Crippen LogP contribution in [0.25, 0.3) is 22.2 Å². The number of aromatic nitrogens is 2. The molecule has 0 N–H and O–H groups in total. The van der Waals surface area contributed by atoms with Crippen LogP contribution in [-0.4, -0.2) is 35.0 Å². The lowest BCUT2D eigenvalue weighted by Gasteiger charge is -2.17. The van der Waals surface area contributed by atoms with E-state index in [9.17, 15) is 9.59 Å². The zero-order chi connectivity index (χ0) is 22.2. The average molecular weight is 464 g/mol. The highest BCUT2D eigenvalue weighted by Gasteiger charge is 2.26. The van der Waals surface area contributed by atoms with Gasteiger partial charge in [-0.15, -0.1) is 11.3 Å². The topological polar surface area (TPSA) is 72.4 Å². The fourth-order valence-electron chi connectivity index (χ4n) is 3.83. The molecule has 5 rings (SSSR count). The van der Waals surface area contributed by atoms with Crippen LogP contribution >= 0.6 is 22.9 Å². The van der Waals surface area contributed by atoms with Gasteiger partial charge in [0.2, 0.25) is 0 Å². The Kier molecular flexibility index (Phi) is 5.36. The van der Waals surface area contributed by atoms with E-state index in [0.29, 0.717) is 22.8 Å². The Labute approximate surface area is 193 Å². The van der Waals surface area contributed by atoms with Crippen molar-refractivity contribution < 1.29 is 14.3 Å². The molecule has 1 aliphatic heterocycles. The maximum absolute atomic E-state index is 12.8. The first-order valence-corrected chi connectivity index (χ1v) is 11.3. The lowest BCUT2D eigenvalue weighted by Crippen LogP contribution is -2.33. The molecule has 0 bridgehead atoms. The monoisotopic (exact) mass is 463 g/mol. The molecule has 2 aromatic heterocycles. The third-order valence-corrected chi connectivity index (χ3v) is 6.39. The molecule has 3 heterocycles. The number of hydrogen-bond donors (Lipinski definition) is 0. The number of esters is 1. The molecule has 0 spiro atoms. The van der Waals surface area contributed by atoms with Gasteiger partial charge >= 0.3 is 5.97 Å². The van der Waals surface area contributed by atoms with E-state index in [-0.39, 0.29) is 12.5 Å². The number of rotatable bonds is 4. The van der Waals surface area contributed by atoms with E-state index in [0.717, 1.165) is 39.3 Å². The van der Waals surface area contributed by atoms with Crippen molar-refractivity contribution in [1.82, 2.24) is 9.97 Å². The zero-order valence-electron chi connectivity index (χ0n) is 17.2. The van der Waals surface area contributed by atoms with Crippen molar-refractivity contribution >= 4 is 51.4 Å². The fraction of sp³-hybridized carbons (Fsp3) is 0.167.